The highest BCUT2D eigenvalue weighted by Crippen LogP contribution is 2.45. The van der Waals surface area contributed by atoms with Crippen LogP contribution >= 0.6 is 0 Å². The smallest absolute Gasteiger partial charge is 0.272 e. The first-order valence-corrected chi connectivity index (χ1v) is 12.3. The van der Waals surface area contributed by atoms with Crippen molar-refractivity contribution < 1.29 is 4.79 Å². The summed E-state index contributed by atoms with van der Waals surface area (Å²) in [5, 5.41) is 12.1. The zero-order valence-corrected chi connectivity index (χ0v) is 19.5. The number of aromatic amines is 1. The Bertz CT molecular complexity index is 1080. The highest BCUT2D eigenvalue weighted by atomic mass is 16.2. The minimum atomic E-state index is 0.0952. The van der Waals surface area contributed by atoms with Crippen molar-refractivity contribution in [3.05, 3.63) is 34.8 Å². The Morgan fingerprint density at radius 2 is 2.06 bits per heavy atom. The Hall–Kier alpha value is -2.41. The van der Waals surface area contributed by atoms with E-state index in [0.717, 1.165) is 54.6 Å². The predicted octanol–water partition coefficient (Wildman–Crippen LogP) is 3.46. The van der Waals surface area contributed by atoms with Gasteiger partial charge in [0.2, 0.25) is 0 Å². The first-order valence-electron chi connectivity index (χ1n) is 12.3. The van der Waals surface area contributed by atoms with Gasteiger partial charge in [-0.2, -0.15) is 10.2 Å². The molecule has 170 valence electrons. The summed E-state index contributed by atoms with van der Waals surface area (Å²) in [4.78, 5) is 18.6. The summed E-state index contributed by atoms with van der Waals surface area (Å²) in [6, 6.07) is 2.91. The quantitative estimate of drug-likeness (QED) is 0.735. The van der Waals surface area contributed by atoms with Crippen LogP contribution in [0.3, 0.4) is 0 Å². The van der Waals surface area contributed by atoms with Crippen molar-refractivity contribution in [3.63, 3.8) is 0 Å². The van der Waals surface area contributed by atoms with Gasteiger partial charge in [-0.3, -0.25) is 19.5 Å². The maximum atomic E-state index is 13.7. The van der Waals surface area contributed by atoms with E-state index in [1.165, 1.54) is 37.8 Å². The van der Waals surface area contributed by atoms with Gasteiger partial charge in [0, 0.05) is 37.4 Å². The third-order valence-electron chi connectivity index (χ3n) is 8.49. The highest BCUT2D eigenvalue weighted by molar-refractivity contribution is 5.94. The molecule has 4 atom stereocenters. The molecule has 7 nitrogen and oxygen atoms in total. The van der Waals surface area contributed by atoms with Gasteiger partial charge < -0.3 is 4.90 Å². The molecule has 1 N–H and O–H groups in total. The lowest BCUT2D eigenvalue weighted by molar-refractivity contribution is 0.00131. The molecule has 0 aromatic carbocycles. The van der Waals surface area contributed by atoms with Gasteiger partial charge in [0.15, 0.2) is 0 Å². The zero-order valence-electron chi connectivity index (χ0n) is 19.5. The van der Waals surface area contributed by atoms with Crippen LogP contribution in [0.5, 0.6) is 0 Å². The van der Waals surface area contributed by atoms with E-state index in [2.05, 4.69) is 31.2 Å². The highest BCUT2D eigenvalue weighted by Gasteiger charge is 2.47. The fourth-order valence-electron chi connectivity index (χ4n) is 7.06. The summed E-state index contributed by atoms with van der Waals surface area (Å²) in [5.74, 6) is 1.34. The Morgan fingerprint density at radius 1 is 1.19 bits per heavy atom. The summed E-state index contributed by atoms with van der Waals surface area (Å²) in [6.45, 7) is 7.26. The van der Waals surface area contributed by atoms with E-state index < -0.39 is 0 Å². The molecule has 2 aromatic heterocycles. The molecule has 32 heavy (non-hydrogen) atoms. The largest absolute Gasteiger partial charge is 0.330 e. The van der Waals surface area contributed by atoms with Crippen LogP contribution in [0.1, 0.15) is 60.4 Å². The van der Waals surface area contributed by atoms with Crippen molar-refractivity contribution in [1.82, 2.24) is 29.8 Å². The summed E-state index contributed by atoms with van der Waals surface area (Å²) in [6.07, 6.45) is 10.1. The third kappa shape index (κ3) is 3.08. The van der Waals surface area contributed by atoms with Gasteiger partial charge in [0.05, 0.1) is 17.4 Å². The number of amides is 1. The molecule has 5 heterocycles. The van der Waals surface area contributed by atoms with E-state index in [9.17, 15) is 4.79 Å². The van der Waals surface area contributed by atoms with Crippen molar-refractivity contribution in [2.45, 2.75) is 64.5 Å². The number of aryl methyl sites for hydroxylation is 2. The van der Waals surface area contributed by atoms with Gasteiger partial charge in [-0.15, -0.1) is 0 Å². The first kappa shape index (κ1) is 20.2. The van der Waals surface area contributed by atoms with Crippen molar-refractivity contribution >= 4 is 5.91 Å². The second-order valence-electron chi connectivity index (χ2n) is 10.3. The van der Waals surface area contributed by atoms with Crippen molar-refractivity contribution in [2.75, 3.05) is 19.6 Å². The Kier molecular flexibility index (Phi) is 4.79. The van der Waals surface area contributed by atoms with Crippen LogP contribution < -0.4 is 0 Å². The number of likely N-dealkylation sites (tertiary alicyclic amines) is 1. The van der Waals surface area contributed by atoms with E-state index in [-0.39, 0.29) is 11.9 Å². The number of piperidine rings is 3. The fraction of sp³-hybridized carbons (Fsp3) is 0.640. The second kappa shape index (κ2) is 7.58. The van der Waals surface area contributed by atoms with E-state index in [1.807, 2.05) is 31.6 Å². The zero-order chi connectivity index (χ0) is 22.0. The van der Waals surface area contributed by atoms with Crippen molar-refractivity contribution in [2.24, 2.45) is 18.9 Å². The number of rotatable bonds is 2. The van der Waals surface area contributed by atoms with E-state index >= 15 is 0 Å². The van der Waals surface area contributed by atoms with Crippen LogP contribution in [0, 0.1) is 25.7 Å². The molecule has 4 aliphatic rings. The minimum absolute atomic E-state index is 0.0952. The molecule has 1 aliphatic carbocycles. The number of nitrogens with zero attached hydrogens (tertiary/aromatic N) is 5. The number of carbonyl (C=O) groups excluding carboxylic acids is 1. The Balaban J connectivity index is 1.29. The number of aromatic nitrogens is 4. The lowest BCUT2D eigenvalue weighted by atomic mass is 9.68. The van der Waals surface area contributed by atoms with Crippen LogP contribution in [0.2, 0.25) is 0 Å². The summed E-state index contributed by atoms with van der Waals surface area (Å²) >= 11 is 0. The summed E-state index contributed by atoms with van der Waals surface area (Å²) in [5.41, 5.74) is 5.95. The number of hydrogen-bond donors (Lipinski definition) is 1. The third-order valence-corrected chi connectivity index (χ3v) is 8.49. The van der Waals surface area contributed by atoms with Crippen LogP contribution in [0.15, 0.2) is 17.7 Å². The number of H-pyrrole nitrogens is 1. The summed E-state index contributed by atoms with van der Waals surface area (Å²) in [7, 11) is 1.94. The van der Waals surface area contributed by atoms with E-state index in [4.69, 9.17) is 0 Å². The van der Waals surface area contributed by atoms with Crippen LogP contribution in [0.4, 0.5) is 0 Å². The lowest BCUT2D eigenvalue weighted by Crippen LogP contribution is -2.60. The van der Waals surface area contributed by atoms with Crippen molar-refractivity contribution in [1.29, 1.82) is 0 Å². The molecule has 3 aliphatic heterocycles. The predicted molar refractivity (Wildman–Crippen MR) is 123 cm³/mol. The lowest BCUT2D eigenvalue weighted by Gasteiger charge is -2.54. The molecule has 6 rings (SSSR count). The molecule has 3 fully saturated rings. The van der Waals surface area contributed by atoms with Gasteiger partial charge in [-0.1, -0.05) is 18.1 Å². The van der Waals surface area contributed by atoms with Gasteiger partial charge in [-0.25, -0.2) is 0 Å². The summed E-state index contributed by atoms with van der Waals surface area (Å²) < 4.78 is 1.87. The molecule has 0 saturated carbocycles. The topological polar surface area (TPSA) is 70.1 Å². The number of fused-ring (bicyclic) bond motifs is 6. The molecule has 0 radical (unpaired) electrons. The van der Waals surface area contributed by atoms with E-state index in [0.29, 0.717) is 17.5 Å². The normalized spacial score (nSPS) is 30.0. The Labute approximate surface area is 189 Å². The molecule has 2 aromatic rings. The monoisotopic (exact) mass is 434 g/mol. The number of carbonyl (C=O) groups is 1. The molecule has 0 spiro atoms. The second-order valence-corrected chi connectivity index (χ2v) is 10.3. The standard InChI is InChI=1S/C25H34N6O/c1-15-23(16(2)29(3)28-15)20-13-21(27-26-20)25(32)31-10-6-7-17-11-18-12-19(24(17)31)14-30-9-5-4-8-22(18)30/h11,13,18-19,22,24H,4-10,12,14H2,1-3H3,(H,26,27)/t18-,19+,22+,24+/m0/s1. The molecule has 3 saturated heterocycles. The number of hydrogen-bond acceptors (Lipinski definition) is 4. The molecular weight excluding hydrogens is 400 g/mol. The maximum absolute atomic E-state index is 13.7. The van der Waals surface area contributed by atoms with Crippen LogP contribution in [0.25, 0.3) is 11.3 Å². The average molecular weight is 435 g/mol. The minimum Gasteiger partial charge on any atom is -0.330 e. The average Bonchev–Trinajstić information content (AvgIpc) is 3.37. The van der Waals surface area contributed by atoms with E-state index in [1.54, 1.807) is 0 Å². The first-order chi connectivity index (χ1) is 15.5. The molecule has 7 heteroatoms. The Morgan fingerprint density at radius 3 is 2.88 bits per heavy atom. The molecular formula is C25H34N6O. The van der Waals surface area contributed by atoms with Gasteiger partial charge in [-0.05, 0) is 70.4 Å². The maximum Gasteiger partial charge on any atom is 0.272 e. The van der Waals surface area contributed by atoms with Crippen LogP contribution in [-0.4, -0.2) is 67.4 Å². The van der Waals surface area contributed by atoms with Crippen molar-refractivity contribution in [3.8, 4) is 11.3 Å². The fourth-order valence-corrected chi connectivity index (χ4v) is 7.06. The van der Waals surface area contributed by atoms with Crippen LogP contribution in [-0.2, 0) is 7.05 Å². The molecule has 1 amide bonds. The van der Waals surface area contributed by atoms with Gasteiger partial charge in [0.25, 0.3) is 5.91 Å². The molecule has 0 unspecified atom stereocenters. The van der Waals surface area contributed by atoms with Gasteiger partial charge >= 0.3 is 0 Å². The van der Waals surface area contributed by atoms with Gasteiger partial charge in [0.1, 0.15) is 5.69 Å². The SMILES string of the molecule is Cc1nn(C)c(C)c1-c1cc(C(=O)N2CCCC3=C[C@H]4C[C@H](CN5CCCC[C@H]45)[C@@H]32)[nH]n1. The number of nitrogens with one attached hydrogen (secondary N) is 1. The molecule has 2 bridgehead atoms.